The summed E-state index contributed by atoms with van der Waals surface area (Å²) in [6.45, 7) is -0.462. The number of anilines is 1. The summed E-state index contributed by atoms with van der Waals surface area (Å²) in [5.74, 6) is -3.72. The molecular weight excluding hydrogens is 279 g/mol. The number of ether oxygens (including phenoxy) is 1. The van der Waals surface area contributed by atoms with Gasteiger partial charge in [0.25, 0.3) is 5.91 Å². The third-order valence-electron chi connectivity index (χ3n) is 2.03. The van der Waals surface area contributed by atoms with E-state index in [0.717, 1.165) is 6.07 Å². The van der Waals surface area contributed by atoms with Gasteiger partial charge in [-0.2, -0.15) is 9.45 Å². The van der Waals surface area contributed by atoms with Crippen LogP contribution in [0.2, 0.25) is 0 Å². The van der Waals surface area contributed by atoms with Crippen molar-refractivity contribution >= 4 is 34.8 Å². The lowest BCUT2D eigenvalue weighted by molar-refractivity contribution is -0.128. The number of halogens is 4. The van der Waals surface area contributed by atoms with Gasteiger partial charge in [0.1, 0.15) is 5.69 Å². The summed E-state index contributed by atoms with van der Waals surface area (Å²) >= 11 is 10.7. The predicted octanol–water partition coefficient (Wildman–Crippen LogP) is 2.38. The number of rotatable bonds is 1. The van der Waals surface area contributed by atoms with Gasteiger partial charge < -0.3 is 4.74 Å². The molecule has 2 aliphatic rings. The van der Waals surface area contributed by atoms with Gasteiger partial charge in [-0.1, -0.05) is 23.2 Å². The number of carbonyl (C=O) groups is 1. The van der Waals surface area contributed by atoms with Gasteiger partial charge in [-0.3, -0.25) is 4.79 Å². The molecule has 4 nitrogen and oxygen atoms in total. The Balaban J connectivity index is 2.49. The van der Waals surface area contributed by atoms with Gasteiger partial charge in [-0.25, -0.2) is 9.23 Å². The van der Waals surface area contributed by atoms with Crippen LogP contribution in [0.1, 0.15) is 0 Å². The van der Waals surface area contributed by atoms with Crippen molar-refractivity contribution < 1.29 is 23.1 Å². The van der Waals surface area contributed by atoms with Crippen LogP contribution in [-0.4, -0.2) is 17.5 Å². The Labute approximate surface area is 105 Å². The maximum absolute atomic E-state index is 13.5. The number of nitrogens with zero attached hydrogens (tertiary/aromatic N) is 1. The van der Waals surface area contributed by atoms with Gasteiger partial charge in [-0.05, 0) is 12.1 Å². The second-order valence-corrected chi connectivity index (χ2v) is 4.13. The Morgan fingerprint density at radius 1 is 1.35 bits per heavy atom. The second kappa shape index (κ2) is 4.64. The van der Waals surface area contributed by atoms with Crippen molar-refractivity contribution in [2.75, 3.05) is 11.9 Å². The van der Waals surface area contributed by atoms with Crippen molar-refractivity contribution in [3.63, 3.8) is 0 Å². The van der Waals surface area contributed by atoms with Crippen LogP contribution in [0.15, 0.2) is 12.1 Å². The van der Waals surface area contributed by atoms with Crippen LogP contribution in [0, 0.1) is 11.6 Å². The first-order valence-corrected chi connectivity index (χ1v) is 5.25. The summed E-state index contributed by atoms with van der Waals surface area (Å²) in [7, 11) is 0. The van der Waals surface area contributed by atoms with Crippen LogP contribution in [0.5, 0.6) is 5.75 Å². The number of hydrogen-bond donors (Lipinski definition) is 0. The lowest BCUT2D eigenvalue weighted by Gasteiger charge is -2.25. The van der Waals surface area contributed by atoms with Crippen LogP contribution in [0.4, 0.5) is 14.5 Å². The summed E-state index contributed by atoms with van der Waals surface area (Å²) < 4.78 is 31.7. The molecule has 0 fully saturated rings. The molecule has 2 heterocycles. The van der Waals surface area contributed by atoms with Crippen molar-refractivity contribution in [1.29, 1.82) is 0 Å². The number of hydroxylamine groups is 1. The van der Waals surface area contributed by atoms with Crippen LogP contribution in [0.25, 0.3) is 0 Å². The monoisotopic (exact) mass is 283 g/mol. The Morgan fingerprint density at radius 2 is 2.06 bits per heavy atom. The first-order chi connectivity index (χ1) is 8.02. The highest BCUT2D eigenvalue weighted by atomic mass is 35.5. The molecular formula is C9H5Cl2F2NO3. The molecule has 1 amide bonds. The molecule has 0 saturated carbocycles. The zero-order valence-corrected chi connectivity index (χ0v) is 9.63. The molecule has 0 N–H and O–H groups in total. The number of fused-ring (bicyclic) bond motifs is 5. The minimum Gasteiger partial charge on any atom is -0.462 e. The molecule has 2 bridgehead atoms. The molecule has 0 spiro atoms. The van der Waals surface area contributed by atoms with E-state index in [1.807, 2.05) is 0 Å². The molecule has 0 saturated heterocycles. The van der Waals surface area contributed by atoms with Crippen molar-refractivity contribution in [3.8, 4) is 5.75 Å². The normalized spacial score (nSPS) is 14.5. The van der Waals surface area contributed by atoms with Crippen LogP contribution in [-0.2, 0) is 9.63 Å². The number of alkyl halides is 2. The first kappa shape index (κ1) is 12.3. The Bertz CT molecular complexity index is 470. The highest BCUT2D eigenvalue weighted by Gasteiger charge is 2.30. The molecule has 1 aromatic rings. The predicted molar refractivity (Wildman–Crippen MR) is 55.9 cm³/mol. The van der Waals surface area contributed by atoms with Gasteiger partial charge in [-0.15, -0.1) is 0 Å². The molecule has 2 aliphatic heterocycles. The van der Waals surface area contributed by atoms with E-state index in [-0.39, 0.29) is 5.75 Å². The third kappa shape index (κ3) is 2.15. The molecule has 0 unspecified atom stereocenters. The topological polar surface area (TPSA) is 38.8 Å². The fraction of sp³-hybridized carbons (Fsp3) is 0.222. The molecule has 8 heteroatoms. The quantitative estimate of drug-likeness (QED) is 0.743. The van der Waals surface area contributed by atoms with E-state index >= 15 is 0 Å². The number of hydrogen-bond acceptors (Lipinski definition) is 3. The van der Waals surface area contributed by atoms with Crippen molar-refractivity contribution in [3.05, 3.63) is 23.8 Å². The van der Waals surface area contributed by atoms with E-state index in [2.05, 4.69) is 0 Å². The second-order valence-electron chi connectivity index (χ2n) is 3.04. The highest BCUT2D eigenvalue weighted by molar-refractivity contribution is 6.54. The largest absolute Gasteiger partial charge is 0.462 e. The highest BCUT2D eigenvalue weighted by Crippen LogP contribution is 2.31. The van der Waals surface area contributed by atoms with Crippen LogP contribution < -0.4 is 9.80 Å². The maximum Gasteiger partial charge on any atom is 0.284 e. The molecule has 1 aromatic carbocycles. The van der Waals surface area contributed by atoms with E-state index in [4.69, 9.17) is 32.8 Å². The van der Waals surface area contributed by atoms with Crippen LogP contribution in [0.3, 0.4) is 0 Å². The minimum atomic E-state index is -1.46. The van der Waals surface area contributed by atoms with E-state index in [1.165, 1.54) is 6.07 Å². The zero-order valence-electron chi connectivity index (χ0n) is 8.12. The summed E-state index contributed by atoms with van der Waals surface area (Å²) in [4.78, 5) is 14.8. The van der Waals surface area contributed by atoms with Gasteiger partial charge in [0.05, 0.1) is 0 Å². The molecule has 3 rings (SSSR count). The Morgan fingerprint density at radius 3 is 2.71 bits per heavy atom. The number of amides is 1. The molecule has 0 aliphatic carbocycles. The van der Waals surface area contributed by atoms with E-state index < -0.39 is 34.9 Å². The Kier molecular flexibility index (Phi) is 3.37. The summed E-state index contributed by atoms with van der Waals surface area (Å²) in [6.07, 6.45) is 0. The van der Waals surface area contributed by atoms with Gasteiger partial charge >= 0.3 is 0 Å². The van der Waals surface area contributed by atoms with E-state index in [9.17, 15) is 13.6 Å². The Hall–Kier alpha value is -1.11. The minimum absolute atomic E-state index is 0.299. The van der Waals surface area contributed by atoms with Gasteiger partial charge in [0.15, 0.2) is 16.4 Å². The van der Waals surface area contributed by atoms with Crippen molar-refractivity contribution in [2.24, 2.45) is 0 Å². The molecule has 0 aromatic heterocycles. The average molecular weight is 284 g/mol. The summed E-state index contributed by atoms with van der Waals surface area (Å²) in [5, 5.41) is 0.464. The van der Waals surface area contributed by atoms with E-state index in [1.54, 1.807) is 0 Å². The van der Waals surface area contributed by atoms with Gasteiger partial charge in [0, 0.05) is 0 Å². The fourth-order valence-electron chi connectivity index (χ4n) is 1.27. The maximum atomic E-state index is 13.5. The molecule has 0 radical (unpaired) electrons. The molecule has 0 atom stereocenters. The van der Waals surface area contributed by atoms with Gasteiger partial charge in [0.2, 0.25) is 12.6 Å². The lowest BCUT2D eigenvalue weighted by atomic mass is 10.2. The molecule has 17 heavy (non-hydrogen) atoms. The SMILES string of the molecule is O=C(C(Cl)Cl)N1OCOc2ccc1c(F)c2F. The van der Waals surface area contributed by atoms with Crippen LogP contribution >= 0.6 is 23.2 Å². The standard InChI is InChI=1S/C9H5Cl2F2NO3/c10-8(11)9(15)14-4-1-2-5(16-3-17-14)7(13)6(4)12/h1-2,8H,3H2. The van der Waals surface area contributed by atoms with Crippen molar-refractivity contribution in [1.82, 2.24) is 0 Å². The number of benzene rings is 1. The van der Waals surface area contributed by atoms with E-state index in [0.29, 0.717) is 5.06 Å². The lowest BCUT2D eigenvalue weighted by Crippen LogP contribution is -2.38. The number of carbonyl (C=O) groups excluding carboxylic acids is 1. The summed E-state index contributed by atoms with van der Waals surface area (Å²) in [6, 6.07) is 2.30. The summed E-state index contributed by atoms with van der Waals surface area (Å²) in [5.41, 5.74) is -0.411. The van der Waals surface area contributed by atoms with Crippen molar-refractivity contribution in [2.45, 2.75) is 4.84 Å². The zero-order chi connectivity index (χ0) is 12.6. The molecule has 92 valence electrons. The first-order valence-electron chi connectivity index (χ1n) is 4.38. The smallest absolute Gasteiger partial charge is 0.284 e. The average Bonchev–Trinajstić information content (AvgIpc) is 2.25. The third-order valence-corrected chi connectivity index (χ3v) is 2.40. The fourth-order valence-corrected chi connectivity index (χ4v) is 1.45.